The van der Waals surface area contributed by atoms with Crippen molar-refractivity contribution in [1.82, 2.24) is 0 Å². The van der Waals surface area contributed by atoms with E-state index in [4.69, 9.17) is 10.5 Å². The number of hydrogen-bond acceptors (Lipinski definition) is 2. The van der Waals surface area contributed by atoms with Crippen molar-refractivity contribution in [3.63, 3.8) is 0 Å². The monoisotopic (exact) mass is 269 g/mol. The van der Waals surface area contributed by atoms with Crippen LogP contribution in [0, 0.1) is 0 Å². The van der Waals surface area contributed by atoms with Crippen molar-refractivity contribution in [3.05, 3.63) is 34.3 Å². The first kappa shape index (κ1) is 11.1. The molecule has 2 unspecified atom stereocenters. The summed E-state index contributed by atoms with van der Waals surface area (Å²) in [5.74, 6) is 0. The highest BCUT2D eigenvalue weighted by Gasteiger charge is 2.22. The number of nitrogens with two attached hydrogens (primary N) is 1. The lowest BCUT2D eigenvalue weighted by Crippen LogP contribution is -2.41. The van der Waals surface area contributed by atoms with Gasteiger partial charge in [0.25, 0.3) is 0 Å². The molecule has 1 fully saturated rings. The molecular weight excluding hydrogens is 254 g/mol. The summed E-state index contributed by atoms with van der Waals surface area (Å²) in [6, 6.07) is 8.52. The van der Waals surface area contributed by atoms with Gasteiger partial charge in [-0.2, -0.15) is 0 Å². The standard InChI is InChI=1S/C12H16BrNO/c13-10-4-1-3-9(7-10)8-12-11(14)5-2-6-15-12/h1,3-4,7,11-12H,2,5-6,8,14H2. The van der Waals surface area contributed by atoms with Crippen molar-refractivity contribution in [3.8, 4) is 0 Å². The van der Waals surface area contributed by atoms with Crippen LogP contribution < -0.4 is 5.73 Å². The molecule has 0 aromatic heterocycles. The molecule has 0 radical (unpaired) electrons. The molecule has 1 heterocycles. The number of ether oxygens (including phenoxy) is 1. The normalized spacial score (nSPS) is 26.5. The fourth-order valence-corrected chi connectivity index (χ4v) is 2.42. The van der Waals surface area contributed by atoms with E-state index in [2.05, 4.69) is 28.1 Å². The second-order valence-corrected chi connectivity index (χ2v) is 4.97. The highest BCUT2D eigenvalue weighted by molar-refractivity contribution is 9.10. The molecule has 2 N–H and O–H groups in total. The molecular formula is C12H16BrNO. The maximum atomic E-state index is 6.03. The molecule has 2 nitrogen and oxygen atoms in total. The minimum Gasteiger partial charge on any atom is -0.376 e. The van der Waals surface area contributed by atoms with Gasteiger partial charge in [-0.05, 0) is 30.5 Å². The average molecular weight is 270 g/mol. The first-order chi connectivity index (χ1) is 7.25. The van der Waals surface area contributed by atoms with Gasteiger partial charge in [0.15, 0.2) is 0 Å². The Morgan fingerprint density at radius 1 is 1.47 bits per heavy atom. The summed E-state index contributed by atoms with van der Waals surface area (Å²) in [7, 11) is 0. The van der Waals surface area contributed by atoms with Crippen LogP contribution in [0.2, 0.25) is 0 Å². The zero-order valence-electron chi connectivity index (χ0n) is 8.66. The highest BCUT2D eigenvalue weighted by Crippen LogP contribution is 2.19. The van der Waals surface area contributed by atoms with Gasteiger partial charge in [0, 0.05) is 23.5 Å². The van der Waals surface area contributed by atoms with E-state index in [1.807, 2.05) is 12.1 Å². The second kappa shape index (κ2) is 5.10. The van der Waals surface area contributed by atoms with Gasteiger partial charge < -0.3 is 10.5 Å². The summed E-state index contributed by atoms with van der Waals surface area (Å²) in [5.41, 5.74) is 7.31. The summed E-state index contributed by atoms with van der Waals surface area (Å²) < 4.78 is 6.81. The maximum Gasteiger partial charge on any atom is 0.0766 e. The third-order valence-electron chi connectivity index (χ3n) is 2.82. The fourth-order valence-electron chi connectivity index (χ4n) is 1.97. The van der Waals surface area contributed by atoms with E-state index in [0.717, 1.165) is 30.3 Å². The van der Waals surface area contributed by atoms with E-state index < -0.39 is 0 Å². The molecule has 1 aliphatic heterocycles. The molecule has 0 amide bonds. The van der Waals surface area contributed by atoms with E-state index in [1.54, 1.807) is 0 Å². The molecule has 2 atom stereocenters. The van der Waals surface area contributed by atoms with Crippen LogP contribution in [0.3, 0.4) is 0 Å². The molecule has 0 saturated carbocycles. The van der Waals surface area contributed by atoms with Gasteiger partial charge in [-0.25, -0.2) is 0 Å². The van der Waals surface area contributed by atoms with Crippen LogP contribution >= 0.6 is 15.9 Å². The Morgan fingerprint density at radius 3 is 3.07 bits per heavy atom. The second-order valence-electron chi connectivity index (χ2n) is 4.05. The molecule has 1 aromatic rings. The van der Waals surface area contributed by atoms with E-state index in [9.17, 15) is 0 Å². The van der Waals surface area contributed by atoms with Crippen molar-refractivity contribution in [1.29, 1.82) is 0 Å². The molecule has 15 heavy (non-hydrogen) atoms. The Labute approximate surface area is 98.9 Å². The van der Waals surface area contributed by atoms with Gasteiger partial charge in [0.1, 0.15) is 0 Å². The zero-order chi connectivity index (χ0) is 10.7. The number of halogens is 1. The predicted octanol–water partition coefficient (Wildman–Crippen LogP) is 2.50. The summed E-state index contributed by atoms with van der Waals surface area (Å²) in [6.45, 7) is 0.854. The fraction of sp³-hybridized carbons (Fsp3) is 0.500. The van der Waals surface area contributed by atoms with Crippen LogP contribution in [0.1, 0.15) is 18.4 Å². The average Bonchev–Trinajstić information content (AvgIpc) is 2.22. The SMILES string of the molecule is NC1CCCOC1Cc1cccc(Br)c1. The number of rotatable bonds is 2. The Morgan fingerprint density at radius 2 is 2.33 bits per heavy atom. The minimum absolute atomic E-state index is 0.188. The van der Waals surface area contributed by atoms with E-state index >= 15 is 0 Å². The van der Waals surface area contributed by atoms with E-state index in [0.29, 0.717) is 0 Å². The summed E-state index contributed by atoms with van der Waals surface area (Å²) in [5, 5.41) is 0. The largest absolute Gasteiger partial charge is 0.376 e. The highest BCUT2D eigenvalue weighted by atomic mass is 79.9. The molecule has 1 saturated heterocycles. The topological polar surface area (TPSA) is 35.2 Å². The van der Waals surface area contributed by atoms with Gasteiger partial charge in [-0.15, -0.1) is 0 Å². The number of hydrogen-bond donors (Lipinski definition) is 1. The van der Waals surface area contributed by atoms with Crippen molar-refractivity contribution in [2.45, 2.75) is 31.4 Å². The molecule has 1 aromatic carbocycles. The quantitative estimate of drug-likeness (QED) is 0.896. The third-order valence-corrected chi connectivity index (χ3v) is 3.31. The van der Waals surface area contributed by atoms with Crippen LogP contribution in [0.4, 0.5) is 0 Å². The van der Waals surface area contributed by atoms with Gasteiger partial charge in [0.2, 0.25) is 0 Å². The molecule has 2 rings (SSSR count). The predicted molar refractivity (Wildman–Crippen MR) is 64.8 cm³/mol. The minimum atomic E-state index is 0.188. The van der Waals surface area contributed by atoms with E-state index in [1.165, 1.54) is 5.56 Å². The van der Waals surface area contributed by atoms with Gasteiger partial charge in [0.05, 0.1) is 6.10 Å². The summed E-state index contributed by atoms with van der Waals surface area (Å²) in [6.07, 6.45) is 3.28. The molecule has 3 heteroatoms. The van der Waals surface area contributed by atoms with Crippen molar-refractivity contribution in [2.24, 2.45) is 5.73 Å². The lowest BCUT2D eigenvalue weighted by molar-refractivity contribution is 0.00229. The van der Waals surface area contributed by atoms with Crippen LogP contribution in [0.15, 0.2) is 28.7 Å². The lowest BCUT2D eigenvalue weighted by atomic mass is 9.97. The van der Waals surface area contributed by atoms with Gasteiger partial charge in [-0.3, -0.25) is 0 Å². The molecule has 0 aliphatic carbocycles. The molecule has 82 valence electrons. The van der Waals surface area contributed by atoms with E-state index in [-0.39, 0.29) is 12.1 Å². The summed E-state index contributed by atoms with van der Waals surface area (Å²) in [4.78, 5) is 0. The maximum absolute atomic E-state index is 6.03. The van der Waals surface area contributed by atoms with Crippen LogP contribution in [0.25, 0.3) is 0 Å². The van der Waals surface area contributed by atoms with Crippen molar-refractivity contribution in [2.75, 3.05) is 6.61 Å². The molecule has 0 spiro atoms. The van der Waals surface area contributed by atoms with Gasteiger partial charge >= 0.3 is 0 Å². The lowest BCUT2D eigenvalue weighted by Gasteiger charge is -2.29. The smallest absolute Gasteiger partial charge is 0.0766 e. The Bertz CT molecular complexity index is 329. The van der Waals surface area contributed by atoms with Crippen molar-refractivity contribution >= 4 is 15.9 Å². The Hall–Kier alpha value is -0.380. The molecule has 1 aliphatic rings. The number of benzene rings is 1. The first-order valence-corrected chi connectivity index (χ1v) is 6.16. The first-order valence-electron chi connectivity index (χ1n) is 5.37. The Kier molecular flexibility index (Phi) is 3.78. The van der Waals surface area contributed by atoms with Crippen LogP contribution in [-0.2, 0) is 11.2 Å². The molecule has 0 bridgehead atoms. The summed E-state index contributed by atoms with van der Waals surface area (Å²) >= 11 is 3.47. The zero-order valence-corrected chi connectivity index (χ0v) is 10.2. The van der Waals surface area contributed by atoms with Crippen LogP contribution in [0.5, 0.6) is 0 Å². The third kappa shape index (κ3) is 3.03. The van der Waals surface area contributed by atoms with Gasteiger partial charge in [-0.1, -0.05) is 28.1 Å². The van der Waals surface area contributed by atoms with Crippen molar-refractivity contribution < 1.29 is 4.74 Å². The van der Waals surface area contributed by atoms with Crippen LogP contribution in [-0.4, -0.2) is 18.8 Å². The Balaban J connectivity index is 2.01.